The van der Waals surface area contributed by atoms with Crippen molar-refractivity contribution in [2.24, 2.45) is 11.7 Å². The second-order valence-electron chi connectivity index (χ2n) is 5.33. The number of rotatable bonds is 7. The summed E-state index contributed by atoms with van der Waals surface area (Å²) in [7, 11) is 0. The number of nitrogens with two attached hydrogens (primary N) is 1. The lowest BCUT2D eigenvalue weighted by Crippen LogP contribution is -2.44. The molecule has 0 saturated heterocycles. The van der Waals surface area contributed by atoms with E-state index in [4.69, 9.17) is 10.8 Å². The van der Waals surface area contributed by atoms with Crippen LogP contribution in [0.3, 0.4) is 0 Å². The van der Waals surface area contributed by atoms with Gasteiger partial charge in [-0.05, 0) is 18.8 Å². The highest BCUT2D eigenvalue weighted by Gasteiger charge is 2.28. The van der Waals surface area contributed by atoms with Gasteiger partial charge in [-0.3, -0.25) is 14.4 Å². The van der Waals surface area contributed by atoms with Gasteiger partial charge in [0, 0.05) is 18.9 Å². The molecule has 108 valence electrons. The summed E-state index contributed by atoms with van der Waals surface area (Å²) in [6.07, 6.45) is 4.01. The minimum Gasteiger partial charge on any atom is -0.481 e. The predicted molar refractivity (Wildman–Crippen MR) is 69.2 cm³/mol. The van der Waals surface area contributed by atoms with Crippen LogP contribution in [-0.4, -0.2) is 40.4 Å². The molecule has 0 heterocycles. The molecule has 2 amide bonds. The average molecular weight is 270 g/mol. The van der Waals surface area contributed by atoms with Gasteiger partial charge in [-0.25, -0.2) is 0 Å². The Morgan fingerprint density at radius 2 is 1.84 bits per heavy atom. The molecule has 0 bridgehead atoms. The van der Waals surface area contributed by atoms with Crippen LogP contribution in [0.25, 0.3) is 0 Å². The molecule has 1 rings (SSSR count). The lowest BCUT2D eigenvalue weighted by molar-refractivity contribution is -0.140. The van der Waals surface area contributed by atoms with Crippen LogP contribution < -0.4 is 5.73 Å². The molecule has 0 spiro atoms. The van der Waals surface area contributed by atoms with Crippen LogP contribution in [0.2, 0.25) is 0 Å². The van der Waals surface area contributed by atoms with E-state index in [0.717, 1.165) is 25.7 Å². The zero-order valence-corrected chi connectivity index (χ0v) is 11.3. The first-order valence-corrected chi connectivity index (χ1v) is 6.69. The summed E-state index contributed by atoms with van der Waals surface area (Å²) in [6, 6.07) is 0.0806. The first-order valence-electron chi connectivity index (χ1n) is 6.69. The molecule has 0 radical (unpaired) electrons. The summed E-state index contributed by atoms with van der Waals surface area (Å²) >= 11 is 0. The number of carbonyl (C=O) groups is 3. The molecule has 1 unspecified atom stereocenters. The van der Waals surface area contributed by atoms with Crippen molar-refractivity contribution in [3.05, 3.63) is 0 Å². The number of aliphatic carboxylic acids is 1. The molecule has 1 fully saturated rings. The molecule has 3 N–H and O–H groups in total. The zero-order valence-electron chi connectivity index (χ0n) is 11.3. The van der Waals surface area contributed by atoms with Crippen LogP contribution in [-0.2, 0) is 14.4 Å². The van der Waals surface area contributed by atoms with Crippen LogP contribution in [0.15, 0.2) is 0 Å². The van der Waals surface area contributed by atoms with Gasteiger partial charge in [0.05, 0.1) is 6.54 Å². The fraction of sp³-hybridized carbons (Fsp3) is 0.769. The number of hydrogen-bond acceptors (Lipinski definition) is 3. The number of carboxylic acids is 1. The lowest BCUT2D eigenvalue weighted by atomic mass is 10.0. The van der Waals surface area contributed by atoms with Crippen LogP contribution in [0, 0.1) is 5.92 Å². The van der Waals surface area contributed by atoms with Gasteiger partial charge < -0.3 is 15.7 Å². The maximum atomic E-state index is 12.2. The molecule has 0 aromatic carbocycles. The summed E-state index contributed by atoms with van der Waals surface area (Å²) in [6.45, 7) is 1.66. The highest BCUT2D eigenvalue weighted by molar-refractivity contribution is 5.84. The molecular formula is C13H22N2O4. The predicted octanol–water partition coefficient (Wildman–Crippen LogP) is 0.744. The van der Waals surface area contributed by atoms with Crippen molar-refractivity contribution in [1.82, 2.24) is 4.90 Å². The second-order valence-corrected chi connectivity index (χ2v) is 5.33. The quantitative estimate of drug-likeness (QED) is 0.712. The summed E-state index contributed by atoms with van der Waals surface area (Å²) in [4.78, 5) is 35.4. The van der Waals surface area contributed by atoms with E-state index in [1.807, 2.05) is 0 Å². The Bertz CT molecular complexity index is 351. The van der Waals surface area contributed by atoms with Crippen LogP contribution in [0.1, 0.15) is 45.4 Å². The summed E-state index contributed by atoms with van der Waals surface area (Å²) in [5.74, 6) is -1.84. The van der Waals surface area contributed by atoms with Gasteiger partial charge in [0.2, 0.25) is 11.8 Å². The summed E-state index contributed by atoms with van der Waals surface area (Å²) in [5, 5.41) is 8.69. The van der Waals surface area contributed by atoms with Crippen LogP contribution in [0.4, 0.5) is 0 Å². The van der Waals surface area contributed by atoms with Crippen LogP contribution in [0.5, 0.6) is 0 Å². The topological polar surface area (TPSA) is 101 Å². The minimum absolute atomic E-state index is 0.0409. The van der Waals surface area contributed by atoms with Gasteiger partial charge >= 0.3 is 5.97 Å². The van der Waals surface area contributed by atoms with Crippen molar-refractivity contribution in [1.29, 1.82) is 0 Å². The van der Waals surface area contributed by atoms with E-state index < -0.39 is 11.9 Å². The zero-order chi connectivity index (χ0) is 14.4. The number of primary amides is 1. The Hall–Kier alpha value is -1.59. The van der Waals surface area contributed by atoms with Crippen molar-refractivity contribution in [3.63, 3.8) is 0 Å². The van der Waals surface area contributed by atoms with Gasteiger partial charge in [0.15, 0.2) is 0 Å². The highest BCUT2D eigenvalue weighted by Crippen LogP contribution is 2.24. The van der Waals surface area contributed by atoms with Crippen molar-refractivity contribution in [3.8, 4) is 0 Å². The lowest BCUT2D eigenvalue weighted by Gasteiger charge is -2.28. The largest absolute Gasteiger partial charge is 0.481 e. The molecule has 1 atom stereocenters. The first kappa shape index (κ1) is 15.5. The third-order valence-corrected chi connectivity index (χ3v) is 3.46. The molecule has 6 nitrogen and oxygen atoms in total. The fourth-order valence-electron chi connectivity index (χ4n) is 2.59. The molecule has 1 aliphatic carbocycles. The van der Waals surface area contributed by atoms with Crippen molar-refractivity contribution in [2.45, 2.75) is 51.5 Å². The van der Waals surface area contributed by atoms with E-state index in [-0.39, 0.29) is 37.3 Å². The normalized spacial score (nSPS) is 17.1. The van der Waals surface area contributed by atoms with E-state index >= 15 is 0 Å². The maximum Gasteiger partial charge on any atom is 0.303 e. The molecule has 19 heavy (non-hydrogen) atoms. The molecule has 0 aromatic rings. The van der Waals surface area contributed by atoms with Gasteiger partial charge in [-0.1, -0.05) is 19.8 Å². The molecule has 0 aliphatic heterocycles. The number of carbonyl (C=O) groups excluding carboxylic acids is 2. The molecule has 0 aromatic heterocycles. The average Bonchev–Trinajstić information content (AvgIpc) is 2.77. The third kappa shape index (κ3) is 5.28. The summed E-state index contributed by atoms with van der Waals surface area (Å²) in [5.41, 5.74) is 5.18. The van der Waals surface area contributed by atoms with E-state index in [9.17, 15) is 14.4 Å². The van der Waals surface area contributed by atoms with E-state index in [1.54, 1.807) is 6.92 Å². The Kier molecular flexibility index (Phi) is 5.79. The van der Waals surface area contributed by atoms with Gasteiger partial charge in [0.25, 0.3) is 0 Å². The second kappa shape index (κ2) is 7.11. The molecule has 1 saturated carbocycles. The third-order valence-electron chi connectivity index (χ3n) is 3.46. The van der Waals surface area contributed by atoms with Gasteiger partial charge in [0.1, 0.15) is 0 Å². The Morgan fingerprint density at radius 3 is 2.32 bits per heavy atom. The van der Waals surface area contributed by atoms with E-state index in [1.165, 1.54) is 4.90 Å². The SMILES string of the molecule is CC(CC(=O)O)CC(=O)N(CC(N)=O)C1CCCC1. The van der Waals surface area contributed by atoms with Crippen molar-refractivity contribution < 1.29 is 19.5 Å². The number of nitrogens with zero attached hydrogens (tertiary/aromatic N) is 1. The monoisotopic (exact) mass is 270 g/mol. The van der Waals surface area contributed by atoms with Gasteiger partial charge in [-0.2, -0.15) is 0 Å². The maximum absolute atomic E-state index is 12.2. The molecule has 6 heteroatoms. The van der Waals surface area contributed by atoms with Crippen molar-refractivity contribution in [2.75, 3.05) is 6.54 Å². The number of amides is 2. The smallest absolute Gasteiger partial charge is 0.303 e. The van der Waals surface area contributed by atoms with E-state index in [2.05, 4.69) is 0 Å². The molecular weight excluding hydrogens is 248 g/mol. The number of hydrogen-bond donors (Lipinski definition) is 2. The Balaban J connectivity index is 2.60. The number of carboxylic acid groups (broad SMARTS) is 1. The standard InChI is InChI=1S/C13H22N2O4/c1-9(7-13(18)19)6-12(17)15(8-11(14)16)10-4-2-3-5-10/h9-10H,2-8H2,1H3,(H2,14,16)(H,18,19). The summed E-state index contributed by atoms with van der Waals surface area (Å²) < 4.78 is 0. The first-order chi connectivity index (χ1) is 8.90. The Morgan fingerprint density at radius 1 is 1.26 bits per heavy atom. The van der Waals surface area contributed by atoms with Crippen molar-refractivity contribution >= 4 is 17.8 Å². The fourth-order valence-corrected chi connectivity index (χ4v) is 2.59. The minimum atomic E-state index is -0.914. The van der Waals surface area contributed by atoms with Crippen LogP contribution >= 0.6 is 0 Å². The molecule has 1 aliphatic rings. The Labute approximate surface area is 112 Å². The van der Waals surface area contributed by atoms with Gasteiger partial charge in [-0.15, -0.1) is 0 Å². The highest BCUT2D eigenvalue weighted by atomic mass is 16.4. The van der Waals surface area contributed by atoms with E-state index in [0.29, 0.717) is 0 Å².